The van der Waals surface area contributed by atoms with Gasteiger partial charge in [0.05, 0.1) is 29.4 Å². The molecular formula is C26H24N4O2S. The Kier molecular flexibility index (Phi) is 5.34. The smallest absolute Gasteiger partial charge is 0.240 e. The molecule has 5 rings (SSSR count). The largest absolute Gasteiger partial charge is 0.247 e. The fourth-order valence-corrected chi connectivity index (χ4v) is 5.01. The molecule has 2 heterocycles. The van der Waals surface area contributed by atoms with Gasteiger partial charge in [-0.25, -0.2) is 13.1 Å². The highest BCUT2D eigenvalue weighted by Gasteiger charge is 2.37. The van der Waals surface area contributed by atoms with Gasteiger partial charge in [-0.2, -0.15) is 14.6 Å². The van der Waals surface area contributed by atoms with Crippen molar-refractivity contribution in [3.63, 3.8) is 0 Å². The van der Waals surface area contributed by atoms with Gasteiger partial charge >= 0.3 is 0 Å². The molecule has 3 aromatic carbocycles. The van der Waals surface area contributed by atoms with E-state index < -0.39 is 16.1 Å². The van der Waals surface area contributed by atoms with Crippen LogP contribution in [0.5, 0.6) is 0 Å². The average Bonchev–Trinajstić information content (AvgIpc) is 3.46. The normalized spacial score (nSPS) is 16.1. The minimum absolute atomic E-state index is 0.469. The van der Waals surface area contributed by atoms with Gasteiger partial charge in [-0.15, -0.1) is 0 Å². The summed E-state index contributed by atoms with van der Waals surface area (Å²) in [5.41, 5.74) is 6.22. The molecule has 7 heteroatoms. The van der Waals surface area contributed by atoms with E-state index in [0.717, 1.165) is 39.3 Å². The molecule has 0 aliphatic carbocycles. The van der Waals surface area contributed by atoms with Crippen molar-refractivity contribution in [3.8, 4) is 16.9 Å². The summed E-state index contributed by atoms with van der Waals surface area (Å²) in [4.78, 5) is 0. The molecule has 0 fully saturated rings. The number of nitrogens with zero attached hydrogens (tertiary/aromatic N) is 4. The van der Waals surface area contributed by atoms with Gasteiger partial charge in [0.2, 0.25) is 10.0 Å². The van der Waals surface area contributed by atoms with Gasteiger partial charge in [0.15, 0.2) is 0 Å². The van der Waals surface area contributed by atoms with Gasteiger partial charge in [-0.05, 0) is 24.6 Å². The van der Waals surface area contributed by atoms with Gasteiger partial charge in [-0.1, -0.05) is 78.4 Å². The molecular weight excluding hydrogens is 432 g/mol. The summed E-state index contributed by atoms with van der Waals surface area (Å²) < 4.78 is 28.6. The Balaban J connectivity index is 1.64. The number of aromatic nitrogens is 2. The molecule has 0 unspecified atom stereocenters. The number of hydrogen-bond acceptors (Lipinski definition) is 4. The predicted octanol–water partition coefficient (Wildman–Crippen LogP) is 4.96. The summed E-state index contributed by atoms with van der Waals surface area (Å²) in [6.07, 6.45) is 3.59. The summed E-state index contributed by atoms with van der Waals surface area (Å²) >= 11 is 0. The van der Waals surface area contributed by atoms with Crippen LogP contribution in [0.3, 0.4) is 0 Å². The van der Waals surface area contributed by atoms with Crippen LogP contribution in [-0.2, 0) is 10.0 Å². The Morgan fingerprint density at radius 2 is 1.48 bits per heavy atom. The van der Waals surface area contributed by atoms with E-state index in [1.807, 2.05) is 103 Å². The summed E-state index contributed by atoms with van der Waals surface area (Å²) in [7, 11) is -3.59. The number of hydrogen-bond donors (Lipinski definition) is 0. The molecule has 0 spiro atoms. The Bertz CT molecular complexity index is 1410. The minimum Gasteiger partial charge on any atom is -0.240 e. The first-order valence-corrected chi connectivity index (χ1v) is 12.6. The third kappa shape index (κ3) is 4.19. The van der Waals surface area contributed by atoms with E-state index in [9.17, 15) is 8.42 Å². The van der Waals surface area contributed by atoms with Gasteiger partial charge in [0, 0.05) is 23.7 Å². The van der Waals surface area contributed by atoms with E-state index in [4.69, 9.17) is 5.10 Å². The lowest BCUT2D eigenvalue weighted by atomic mass is 9.97. The molecule has 1 aliphatic heterocycles. The molecule has 33 heavy (non-hydrogen) atoms. The number of aryl methyl sites for hydroxylation is 1. The molecule has 0 bridgehead atoms. The summed E-state index contributed by atoms with van der Waals surface area (Å²) in [6.45, 7) is 2.02. The van der Waals surface area contributed by atoms with Crippen LogP contribution in [0.15, 0.2) is 96.2 Å². The van der Waals surface area contributed by atoms with E-state index in [1.165, 1.54) is 10.7 Å². The number of para-hydroxylation sites is 1. The molecule has 0 amide bonds. The first-order chi connectivity index (χ1) is 15.9. The van der Waals surface area contributed by atoms with Crippen LogP contribution in [0.1, 0.15) is 29.2 Å². The number of rotatable bonds is 5. The zero-order chi connectivity index (χ0) is 23.0. The highest BCUT2D eigenvalue weighted by molar-refractivity contribution is 7.88. The van der Waals surface area contributed by atoms with Crippen LogP contribution in [-0.4, -0.2) is 34.6 Å². The standard InChI is InChI=1S/C26H24N4O2S/c1-19-13-15-20(16-14-19)24-17-25(30(27-24)33(2,31)32)23-18-29(22-11-7-4-8-12-22)28-26(23)21-9-5-3-6-10-21/h3-16,18,25H,17H2,1-2H3/t25-/m0/s1. The van der Waals surface area contributed by atoms with Crippen LogP contribution >= 0.6 is 0 Å². The second-order valence-electron chi connectivity index (χ2n) is 8.25. The molecule has 0 N–H and O–H groups in total. The van der Waals surface area contributed by atoms with Crippen molar-refractivity contribution in [2.45, 2.75) is 19.4 Å². The molecule has 1 atom stereocenters. The molecule has 0 radical (unpaired) electrons. The molecule has 1 aliphatic rings. The molecule has 6 nitrogen and oxygen atoms in total. The fourth-order valence-electron chi connectivity index (χ4n) is 4.11. The van der Waals surface area contributed by atoms with Crippen molar-refractivity contribution in [2.24, 2.45) is 5.10 Å². The van der Waals surface area contributed by atoms with Crippen molar-refractivity contribution in [2.75, 3.05) is 6.26 Å². The summed E-state index contributed by atoms with van der Waals surface area (Å²) in [5, 5.41) is 9.42. The van der Waals surface area contributed by atoms with E-state index >= 15 is 0 Å². The Morgan fingerprint density at radius 1 is 0.848 bits per heavy atom. The van der Waals surface area contributed by atoms with E-state index in [0.29, 0.717) is 6.42 Å². The molecule has 0 saturated carbocycles. The van der Waals surface area contributed by atoms with Gasteiger partial charge in [0.1, 0.15) is 0 Å². The Labute approximate surface area is 193 Å². The van der Waals surface area contributed by atoms with Crippen molar-refractivity contribution >= 4 is 15.7 Å². The number of hydrazone groups is 1. The topological polar surface area (TPSA) is 67.6 Å². The van der Waals surface area contributed by atoms with Crippen molar-refractivity contribution in [1.29, 1.82) is 0 Å². The van der Waals surface area contributed by atoms with Crippen LogP contribution in [0.25, 0.3) is 16.9 Å². The van der Waals surface area contributed by atoms with E-state index in [1.54, 1.807) is 0 Å². The monoisotopic (exact) mass is 456 g/mol. The third-order valence-corrected chi connectivity index (χ3v) is 6.78. The fraction of sp³-hybridized carbons (Fsp3) is 0.154. The molecule has 4 aromatic rings. The van der Waals surface area contributed by atoms with Crippen molar-refractivity contribution in [1.82, 2.24) is 14.2 Å². The second-order valence-corrected chi connectivity index (χ2v) is 10.1. The average molecular weight is 457 g/mol. The van der Waals surface area contributed by atoms with E-state index in [2.05, 4.69) is 5.10 Å². The second kappa shape index (κ2) is 8.33. The van der Waals surface area contributed by atoms with Crippen LogP contribution in [0.4, 0.5) is 0 Å². The lowest BCUT2D eigenvalue weighted by Crippen LogP contribution is -2.26. The van der Waals surface area contributed by atoms with Gasteiger partial charge in [-0.3, -0.25) is 0 Å². The molecule has 1 aromatic heterocycles. The maximum atomic E-state index is 12.8. The predicted molar refractivity (Wildman–Crippen MR) is 131 cm³/mol. The van der Waals surface area contributed by atoms with Crippen LogP contribution in [0, 0.1) is 6.92 Å². The van der Waals surface area contributed by atoms with Crippen molar-refractivity contribution in [3.05, 3.63) is 108 Å². The lowest BCUT2D eigenvalue weighted by molar-refractivity contribution is 0.375. The third-order valence-electron chi connectivity index (χ3n) is 5.77. The molecule has 166 valence electrons. The van der Waals surface area contributed by atoms with Crippen LogP contribution < -0.4 is 0 Å². The first-order valence-electron chi connectivity index (χ1n) is 10.7. The summed E-state index contributed by atoms with van der Waals surface area (Å²) in [6, 6.07) is 27.2. The van der Waals surface area contributed by atoms with Gasteiger partial charge < -0.3 is 0 Å². The molecule has 0 saturated heterocycles. The highest BCUT2D eigenvalue weighted by atomic mass is 32.2. The maximum Gasteiger partial charge on any atom is 0.247 e. The Morgan fingerprint density at radius 3 is 2.12 bits per heavy atom. The SMILES string of the molecule is Cc1ccc(C2=NN(S(C)(=O)=O)[C@H](c3cn(-c4ccccc4)nc3-c3ccccc3)C2)cc1. The minimum atomic E-state index is -3.59. The van der Waals surface area contributed by atoms with Gasteiger partial charge in [0.25, 0.3) is 0 Å². The maximum absolute atomic E-state index is 12.8. The number of sulfonamides is 1. The zero-order valence-corrected chi connectivity index (χ0v) is 19.3. The summed E-state index contributed by atoms with van der Waals surface area (Å²) in [5.74, 6) is 0. The number of benzene rings is 3. The Hall–Kier alpha value is -3.71. The highest BCUT2D eigenvalue weighted by Crippen LogP contribution is 2.39. The zero-order valence-electron chi connectivity index (χ0n) is 18.5. The van der Waals surface area contributed by atoms with Crippen molar-refractivity contribution < 1.29 is 8.42 Å². The van der Waals surface area contributed by atoms with Crippen LogP contribution in [0.2, 0.25) is 0 Å². The first kappa shape index (κ1) is 21.2. The van der Waals surface area contributed by atoms with E-state index in [-0.39, 0.29) is 0 Å². The lowest BCUT2D eigenvalue weighted by Gasteiger charge is -2.21. The quantitative estimate of drug-likeness (QED) is 0.426.